The topological polar surface area (TPSA) is 29.5 Å². The highest BCUT2D eigenvalue weighted by Gasteiger charge is 2.33. The van der Waals surface area contributed by atoms with Gasteiger partial charge in [0.2, 0.25) is 0 Å². The summed E-state index contributed by atoms with van der Waals surface area (Å²) in [4.78, 5) is 14.1. The summed E-state index contributed by atoms with van der Waals surface area (Å²) in [5.74, 6) is -0.166. The molecule has 1 amide bonds. The van der Waals surface area contributed by atoms with Gasteiger partial charge in [-0.15, -0.1) is 0 Å². The molecule has 0 aromatic heterocycles. The van der Waals surface area contributed by atoms with Gasteiger partial charge in [-0.1, -0.05) is 35.6 Å². The number of ether oxygens (including phenoxy) is 1. The van der Waals surface area contributed by atoms with Crippen LogP contribution >= 0.6 is 35.6 Å². The maximum absolute atomic E-state index is 12.1. The highest BCUT2D eigenvalue weighted by atomic mass is 35.5. The quantitative estimate of drug-likeness (QED) is 0.485. The molecule has 0 atom stereocenters. The standard InChI is InChI=1S/C12H10ClNO2S2/c1-2-16-7-10-11(15)14(12(17)18-10)9-5-3-8(13)4-6-9/h3-7H,2H2,1H3/b10-7+. The Hall–Kier alpha value is -1.04. The smallest absolute Gasteiger partial charge is 0.273 e. The van der Waals surface area contributed by atoms with Gasteiger partial charge in [0, 0.05) is 5.02 Å². The van der Waals surface area contributed by atoms with E-state index in [4.69, 9.17) is 28.6 Å². The normalized spacial score (nSPS) is 17.7. The third-order valence-corrected chi connectivity index (χ3v) is 3.77. The summed E-state index contributed by atoms with van der Waals surface area (Å²) in [6, 6.07) is 6.97. The zero-order chi connectivity index (χ0) is 13.1. The van der Waals surface area contributed by atoms with Crippen molar-refractivity contribution < 1.29 is 9.53 Å². The van der Waals surface area contributed by atoms with E-state index in [1.807, 2.05) is 6.92 Å². The van der Waals surface area contributed by atoms with E-state index in [0.717, 1.165) is 0 Å². The van der Waals surface area contributed by atoms with Crippen LogP contribution in [0.4, 0.5) is 5.69 Å². The van der Waals surface area contributed by atoms with Crippen LogP contribution in [0.3, 0.4) is 0 Å². The van der Waals surface area contributed by atoms with E-state index in [9.17, 15) is 4.79 Å². The van der Waals surface area contributed by atoms with Crippen molar-refractivity contribution in [3.8, 4) is 0 Å². The molecule has 1 saturated heterocycles. The third kappa shape index (κ3) is 2.68. The Bertz CT molecular complexity index is 513. The Balaban J connectivity index is 2.27. The molecule has 18 heavy (non-hydrogen) atoms. The highest BCUT2D eigenvalue weighted by Crippen LogP contribution is 2.35. The number of hydrogen-bond donors (Lipinski definition) is 0. The van der Waals surface area contributed by atoms with Crippen molar-refractivity contribution >= 4 is 51.5 Å². The minimum Gasteiger partial charge on any atom is -0.500 e. The first-order valence-corrected chi connectivity index (χ1v) is 6.87. The molecule has 3 nitrogen and oxygen atoms in total. The lowest BCUT2D eigenvalue weighted by Gasteiger charge is -2.14. The van der Waals surface area contributed by atoms with E-state index in [-0.39, 0.29) is 5.91 Å². The lowest BCUT2D eigenvalue weighted by Crippen LogP contribution is -2.27. The molecular weight excluding hydrogens is 290 g/mol. The predicted octanol–water partition coefficient (Wildman–Crippen LogP) is 3.58. The summed E-state index contributed by atoms with van der Waals surface area (Å²) in [6.07, 6.45) is 1.45. The molecule has 1 aromatic carbocycles. The number of anilines is 1. The van der Waals surface area contributed by atoms with Crippen LogP contribution in [0.25, 0.3) is 0 Å². The molecule has 1 aliphatic heterocycles. The van der Waals surface area contributed by atoms with E-state index in [2.05, 4.69) is 0 Å². The van der Waals surface area contributed by atoms with E-state index >= 15 is 0 Å². The fourth-order valence-electron chi connectivity index (χ4n) is 1.42. The van der Waals surface area contributed by atoms with Crippen molar-refractivity contribution in [2.75, 3.05) is 11.5 Å². The van der Waals surface area contributed by atoms with E-state index in [1.54, 1.807) is 24.3 Å². The summed E-state index contributed by atoms with van der Waals surface area (Å²) in [6.45, 7) is 2.38. The molecule has 1 aromatic rings. The Labute approximate surface area is 120 Å². The average Bonchev–Trinajstić information content (AvgIpc) is 2.63. The van der Waals surface area contributed by atoms with Gasteiger partial charge in [-0.3, -0.25) is 9.69 Å². The third-order valence-electron chi connectivity index (χ3n) is 2.24. The molecule has 0 radical (unpaired) electrons. The second-order valence-corrected chi connectivity index (χ2v) is 5.53. The van der Waals surface area contributed by atoms with Gasteiger partial charge in [0.05, 0.1) is 12.3 Å². The fourth-order valence-corrected chi connectivity index (χ4v) is 2.77. The van der Waals surface area contributed by atoms with Crippen LogP contribution in [0.5, 0.6) is 0 Å². The molecule has 1 aliphatic rings. The number of rotatable bonds is 3. The number of nitrogens with zero attached hydrogens (tertiary/aromatic N) is 1. The molecular formula is C12H10ClNO2S2. The Morgan fingerprint density at radius 3 is 2.72 bits per heavy atom. The lowest BCUT2D eigenvalue weighted by molar-refractivity contribution is -0.113. The fraction of sp³-hybridized carbons (Fsp3) is 0.167. The maximum atomic E-state index is 12.1. The van der Waals surface area contributed by atoms with Gasteiger partial charge in [-0.2, -0.15) is 0 Å². The van der Waals surface area contributed by atoms with Crippen molar-refractivity contribution in [3.63, 3.8) is 0 Å². The number of carbonyl (C=O) groups excluding carboxylic acids is 1. The Morgan fingerprint density at radius 1 is 1.44 bits per heavy atom. The number of carbonyl (C=O) groups is 1. The molecule has 0 spiro atoms. The monoisotopic (exact) mass is 299 g/mol. The second kappa shape index (κ2) is 5.73. The van der Waals surface area contributed by atoms with Gasteiger partial charge >= 0.3 is 0 Å². The highest BCUT2D eigenvalue weighted by molar-refractivity contribution is 8.27. The molecule has 1 fully saturated rings. The minimum atomic E-state index is -0.166. The van der Waals surface area contributed by atoms with Crippen LogP contribution in [-0.2, 0) is 9.53 Å². The summed E-state index contributed by atoms with van der Waals surface area (Å²) >= 11 is 12.2. The van der Waals surface area contributed by atoms with E-state index in [0.29, 0.717) is 26.5 Å². The largest absolute Gasteiger partial charge is 0.500 e. The molecule has 1 heterocycles. The first-order chi connectivity index (χ1) is 8.63. The van der Waals surface area contributed by atoms with Crippen LogP contribution in [-0.4, -0.2) is 16.8 Å². The summed E-state index contributed by atoms with van der Waals surface area (Å²) < 4.78 is 5.62. The lowest BCUT2D eigenvalue weighted by atomic mass is 10.3. The van der Waals surface area contributed by atoms with Gasteiger partial charge in [0.1, 0.15) is 11.2 Å². The number of hydrogen-bond acceptors (Lipinski definition) is 4. The van der Waals surface area contributed by atoms with E-state index in [1.165, 1.54) is 22.9 Å². The first kappa shape index (κ1) is 13.4. The summed E-state index contributed by atoms with van der Waals surface area (Å²) in [5.41, 5.74) is 0.710. The van der Waals surface area contributed by atoms with Crippen LogP contribution < -0.4 is 4.90 Å². The van der Waals surface area contributed by atoms with Crippen LogP contribution in [0.2, 0.25) is 5.02 Å². The maximum Gasteiger partial charge on any atom is 0.273 e. The van der Waals surface area contributed by atoms with Gasteiger partial charge in [-0.25, -0.2) is 0 Å². The zero-order valence-corrected chi connectivity index (χ0v) is 11.9. The number of thioether (sulfide) groups is 1. The van der Waals surface area contributed by atoms with Gasteiger partial charge in [-0.05, 0) is 31.2 Å². The molecule has 2 rings (SSSR count). The molecule has 0 aliphatic carbocycles. The van der Waals surface area contributed by atoms with Crippen LogP contribution in [0.1, 0.15) is 6.92 Å². The molecule has 0 unspecified atom stereocenters. The van der Waals surface area contributed by atoms with Crippen molar-refractivity contribution in [1.82, 2.24) is 0 Å². The van der Waals surface area contributed by atoms with Gasteiger partial charge in [0.15, 0.2) is 4.32 Å². The Kier molecular flexibility index (Phi) is 4.27. The van der Waals surface area contributed by atoms with E-state index < -0.39 is 0 Å². The van der Waals surface area contributed by atoms with Crippen molar-refractivity contribution in [2.45, 2.75) is 6.92 Å². The van der Waals surface area contributed by atoms with Gasteiger partial charge < -0.3 is 4.74 Å². The summed E-state index contributed by atoms with van der Waals surface area (Å²) in [5, 5.41) is 0.619. The summed E-state index contributed by atoms with van der Waals surface area (Å²) in [7, 11) is 0. The predicted molar refractivity (Wildman–Crippen MR) is 78.8 cm³/mol. The Morgan fingerprint density at radius 2 is 2.11 bits per heavy atom. The minimum absolute atomic E-state index is 0.166. The second-order valence-electron chi connectivity index (χ2n) is 3.42. The number of halogens is 1. The van der Waals surface area contributed by atoms with Crippen molar-refractivity contribution in [1.29, 1.82) is 0 Å². The SMILES string of the molecule is CCO/C=C1/SC(=S)N(c2ccc(Cl)cc2)C1=O. The molecule has 0 saturated carbocycles. The van der Waals surface area contributed by atoms with Crippen LogP contribution in [0.15, 0.2) is 35.4 Å². The van der Waals surface area contributed by atoms with Crippen molar-refractivity contribution in [3.05, 3.63) is 40.5 Å². The molecule has 0 bridgehead atoms. The van der Waals surface area contributed by atoms with Gasteiger partial charge in [0.25, 0.3) is 5.91 Å². The number of benzene rings is 1. The number of thiocarbonyl (C=S) groups is 1. The number of amides is 1. The first-order valence-electron chi connectivity index (χ1n) is 5.27. The molecule has 6 heteroatoms. The van der Waals surface area contributed by atoms with Crippen LogP contribution in [0, 0.1) is 0 Å². The molecule has 94 valence electrons. The average molecular weight is 300 g/mol. The zero-order valence-electron chi connectivity index (χ0n) is 9.55. The van der Waals surface area contributed by atoms with Crippen molar-refractivity contribution in [2.24, 2.45) is 0 Å². The molecule has 0 N–H and O–H groups in total.